The Labute approximate surface area is 97.5 Å². The molecule has 0 aromatic carbocycles. The van der Waals surface area contributed by atoms with Gasteiger partial charge in [0.15, 0.2) is 0 Å². The van der Waals surface area contributed by atoms with Gasteiger partial charge in [-0.05, 0) is 29.3 Å². The van der Waals surface area contributed by atoms with Crippen molar-refractivity contribution in [1.29, 1.82) is 0 Å². The number of carbonyl (C=O) groups excluding carboxylic acids is 1. The third-order valence-corrected chi connectivity index (χ3v) is 3.08. The fourth-order valence-corrected chi connectivity index (χ4v) is 2.07. The lowest BCUT2D eigenvalue weighted by Crippen LogP contribution is -2.17. The maximum Gasteiger partial charge on any atom is 0.330 e. The van der Waals surface area contributed by atoms with E-state index < -0.39 is 6.04 Å². The minimum Gasteiger partial charge on any atom is -0.467 e. The van der Waals surface area contributed by atoms with Crippen LogP contribution < -0.4 is 0 Å². The van der Waals surface area contributed by atoms with E-state index in [2.05, 4.69) is 9.84 Å². The van der Waals surface area contributed by atoms with Gasteiger partial charge in [0.25, 0.3) is 0 Å². The molecule has 0 fully saturated rings. The van der Waals surface area contributed by atoms with Crippen LogP contribution in [0.4, 0.5) is 0 Å². The van der Waals surface area contributed by atoms with Crippen LogP contribution in [0.3, 0.4) is 0 Å². The summed E-state index contributed by atoms with van der Waals surface area (Å²) in [6, 6.07) is 1.63. The Bertz CT molecular complexity index is 476. The van der Waals surface area contributed by atoms with Gasteiger partial charge in [-0.25, -0.2) is 4.79 Å². The normalized spacial score (nSPS) is 12.4. The van der Waals surface area contributed by atoms with E-state index in [4.69, 9.17) is 0 Å². The Morgan fingerprint density at radius 2 is 2.38 bits per heavy atom. The number of hydrogen-bond donors (Lipinski definition) is 0. The summed E-state index contributed by atoms with van der Waals surface area (Å²) in [4.78, 5) is 11.3. The van der Waals surface area contributed by atoms with E-state index in [1.807, 2.05) is 23.0 Å². The third-order valence-electron chi connectivity index (χ3n) is 2.40. The van der Waals surface area contributed by atoms with Gasteiger partial charge in [0.05, 0.1) is 13.3 Å². The Hall–Kier alpha value is -1.62. The smallest absolute Gasteiger partial charge is 0.330 e. The highest BCUT2D eigenvalue weighted by Crippen LogP contribution is 2.22. The SMILES string of the molecule is COC(=O)[C@H](C)n1cc(-c2ccsc2)cn1. The molecular formula is C11H12N2O2S. The summed E-state index contributed by atoms with van der Waals surface area (Å²) in [6.45, 7) is 1.76. The molecule has 0 spiro atoms. The van der Waals surface area contributed by atoms with Crippen LogP contribution in [0.1, 0.15) is 13.0 Å². The molecule has 2 aromatic rings. The van der Waals surface area contributed by atoms with E-state index >= 15 is 0 Å². The molecule has 2 heterocycles. The first-order valence-corrected chi connectivity index (χ1v) is 5.81. The second-order valence-corrected chi connectivity index (χ2v) is 4.20. The van der Waals surface area contributed by atoms with Crippen LogP contribution in [-0.2, 0) is 9.53 Å². The molecule has 0 N–H and O–H groups in total. The number of aromatic nitrogens is 2. The number of esters is 1. The number of carbonyl (C=O) groups is 1. The lowest BCUT2D eigenvalue weighted by atomic mass is 10.2. The Kier molecular flexibility index (Phi) is 3.05. The summed E-state index contributed by atoms with van der Waals surface area (Å²) < 4.78 is 6.28. The van der Waals surface area contributed by atoms with Crippen molar-refractivity contribution in [2.75, 3.05) is 7.11 Å². The molecule has 1 atom stereocenters. The Balaban J connectivity index is 2.23. The van der Waals surface area contributed by atoms with Gasteiger partial charge in [-0.15, -0.1) is 0 Å². The average Bonchev–Trinajstić information content (AvgIpc) is 2.96. The van der Waals surface area contributed by atoms with E-state index in [1.54, 1.807) is 29.1 Å². The van der Waals surface area contributed by atoms with Crippen LogP contribution in [0, 0.1) is 0 Å². The van der Waals surface area contributed by atoms with E-state index in [0.717, 1.165) is 11.1 Å². The van der Waals surface area contributed by atoms with Gasteiger partial charge in [-0.2, -0.15) is 16.4 Å². The van der Waals surface area contributed by atoms with Gasteiger partial charge in [0.2, 0.25) is 0 Å². The number of nitrogens with zero attached hydrogens (tertiary/aromatic N) is 2. The molecule has 0 amide bonds. The minimum absolute atomic E-state index is 0.292. The van der Waals surface area contributed by atoms with Gasteiger partial charge in [-0.1, -0.05) is 0 Å². The van der Waals surface area contributed by atoms with Gasteiger partial charge < -0.3 is 4.74 Å². The summed E-state index contributed by atoms with van der Waals surface area (Å²) in [7, 11) is 1.38. The van der Waals surface area contributed by atoms with Crippen molar-refractivity contribution in [3.05, 3.63) is 29.2 Å². The summed E-state index contributed by atoms with van der Waals surface area (Å²) in [6.07, 6.45) is 3.60. The zero-order valence-electron chi connectivity index (χ0n) is 9.08. The molecule has 0 unspecified atom stereocenters. The van der Waals surface area contributed by atoms with Crippen molar-refractivity contribution in [2.45, 2.75) is 13.0 Å². The summed E-state index contributed by atoms with van der Waals surface area (Å²) in [5.74, 6) is -0.292. The van der Waals surface area contributed by atoms with Crippen LogP contribution in [0.2, 0.25) is 0 Å². The Morgan fingerprint density at radius 1 is 1.56 bits per heavy atom. The maximum atomic E-state index is 11.3. The minimum atomic E-state index is -0.391. The van der Waals surface area contributed by atoms with Crippen molar-refractivity contribution in [1.82, 2.24) is 9.78 Å². The molecule has 5 heteroatoms. The summed E-state index contributed by atoms with van der Waals surface area (Å²) >= 11 is 1.63. The lowest BCUT2D eigenvalue weighted by Gasteiger charge is -2.08. The first-order chi connectivity index (χ1) is 7.72. The predicted octanol–water partition coefficient (Wildman–Crippen LogP) is 2.35. The van der Waals surface area contributed by atoms with Gasteiger partial charge in [0.1, 0.15) is 6.04 Å². The molecule has 2 aromatic heterocycles. The van der Waals surface area contributed by atoms with Crippen molar-refractivity contribution < 1.29 is 9.53 Å². The molecule has 0 saturated carbocycles. The number of hydrogen-bond acceptors (Lipinski definition) is 4. The van der Waals surface area contributed by atoms with Crippen molar-refractivity contribution in [3.63, 3.8) is 0 Å². The molecule has 0 radical (unpaired) electrons. The highest BCUT2D eigenvalue weighted by molar-refractivity contribution is 7.08. The van der Waals surface area contributed by atoms with Crippen LogP contribution >= 0.6 is 11.3 Å². The molecule has 0 aliphatic carbocycles. The second-order valence-electron chi connectivity index (χ2n) is 3.42. The fourth-order valence-electron chi connectivity index (χ4n) is 1.41. The van der Waals surface area contributed by atoms with E-state index in [-0.39, 0.29) is 5.97 Å². The fraction of sp³-hybridized carbons (Fsp3) is 0.273. The lowest BCUT2D eigenvalue weighted by molar-refractivity contribution is -0.144. The van der Waals surface area contributed by atoms with Crippen molar-refractivity contribution in [2.24, 2.45) is 0 Å². The number of methoxy groups -OCH3 is 1. The highest BCUT2D eigenvalue weighted by atomic mass is 32.1. The van der Waals surface area contributed by atoms with Crippen molar-refractivity contribution in [3.8, 4) is 11.1 Å². The molecule has 16 heavy (non-hydrogen) atoms. The molecule has 4 nitrogen and oxygen atoms in total. The first kappa shape index (κ1) is 10.9. The standard InChI is InChI=1S/C11H12N2O2S/c1-8(11(14)15-2)13-6-10(5-12-13)9-3-4-16-7-9/h3-8H,1-2H3/t8-/m0/s1. The average molecular weight is 236 g/mol. The second kappa shape index (κ2) is 4.49. The molecule has 84 valence electrons. The first-order valence-electron chi connectivity index (χ1n) is 4.87. The quantitative estimate of drug-likeness (QED) is 0.768. The molecule has 0 saturated heterocycles. The highest BCUT2D eigenvalue weighted by Gasteiger charge is 2.16. The van der Waals surface area contributed by atoms with Crippen LogP contribution in [-0.4, -0.2) is 22.9 Å². The van der Waals surface area contributed by atoms with E-state index in [1.165, 1.54) is 7.11 Å². The maximum absolute atomic E-state index is 11.3. The topological polar surface area (TPSA) is 44.1 Å². The van der Waals surface area contributed by atoms with Crippen molar-refractivity contribution >= 4 is 17.3 Å². The zero-order chi connectivity index (χ0) is 11.5. The number of ether oxygens (including phenoxy) is 1. The van der Waals surface area contributed by atoms with Gasteiger partial charge in [0, 0.05) is 11.8 Å². The largest absolute Gasteiger partial charge is 0.467 e. The Morgan fingerprint density at radius 3 is 3.00 bits per heavy atom. The molecule has 0 bridgehead atoms. The predicted molar refractivity (Wildman–Crippen MR) is 62.3 cm³/mol. The van der Waals surface area contributed by atoms with Crippen LogP contribution in [0.15, 0.2) is 29.2 Å². The van der Waals surface area contributed by atoms with Crippen LogP contribution in [0.5, 0.6) is 0 Å². The monoisotopic (exact) mass is 236 g/mol. The summed E-state index contributed by atoms with van der Waals surface area (Å²) in [5, 5.41) is 8.22. The van der Waals surface area contributed by atoms with E-state index in [0.29, 0.717) is 0 Å². The van der Waals surface area contributed by atoms with Crippen LogP contribution in [0.25, 0.3) is 11.1 Å². The number of rotatable bonds is 3. The summed E-state index contributed by atoms with van der Waals surface area (Å²) in [5.41, 5.74) is 2.13. The van der Waals surface area contributed by atoms with Gasteiger partial charge in [-0.3, -0.25) is 4.68 Å². The third kappa shape index (κ3) is 1.99. The molecule has 0 aliphatic heterocycles. The number of thiophene rings is 1. The molecular weight excluding hydrogens is 224 g/mol. The van der Waals surface area contributed by atoms with Gasteiger partial charge >= 0.3 is 5.97 Å². The van der Waals surface area contributed by atoms with E-state index in [9.17, 15) is 4.79 Å². The molecule has 0 aliphatic rings. The molecule has 2 rings (SSSR count). The zero-order valence-corrected chi connectivity index (χ0v) is 9.90.